The molecule has 3 rings (SSSR count). The van der Waals surface area contributed by atoms with Gasteiger partial charge in [0, 0.05) is 18.7 Å². The summed E-state index contributed by atoms with van der Waals surface area (Å²) in [6.07, 6.45) is 5.02. The molecular formula is C17H24N2O2. The number of carbonyl (C=O) groups is 1. The SMILES string of the molecule is NC(=O)c1ccc(C2(CCN3CCOCC3)CCC2)cc1. The Hall–Kier alpha value is -1.39. The van der Waals surface area contributed by atoms with Crippen LogP contribution in [0.3, 0.4) is 0 Å². The normalized spacial score (nSPS) is 21.7. The number of benzene rings is 1. The van der Waals surface area contributed by atoms with Crippen LogP contribution >= 0.6 is 0 Å². The quantitative estimate of drug-likeness (QED) is 0.900. The number of amides is 1. The molecule has 0 unspecified atom stereocenters. The predicted molar refractivity (Wildman–Crippen MR) is 82.4 cm³/mol. The highest BCUT2D eigenvalue weighted by Gasteiger charge is 2.38. The van der Waals surface area contributed by atoms with Crippen molar-refractivity contribution in [3.05, 3.63) is 35.4 Å². The van der Waals surface area contributed by atoms with Crippen molar-refractivity contribution >= 4 is 5.91 Å². The molecule has 2 aliphatic rings. The Kier molecular flexibility index (Phi) is 4.27. The van der Waals surface area contributed by atoms with E-state index in [0.29, 0.717) is 11.0 Å². The monoisotopic (exact) mass is 288 g/mol. The van der Waals surface area contributed by atoms with Gasteiger partial charge in [-0.2, -0.15) is 0 Å². The van der Waals surface area contributed by atoms with Crippen molar-refractivity contribution in [1.82, 2.24) is 4.90 Å². The molecule has 4 nitrogen and oxygen atoms in total. The van der Waals surface area contributed by atoms with Crippen LogP contribution in [-0.4, -0.2) is 43.7 Å². The van der Waals surface area contributed by atoms with E-state index >= 15 is 0 Å². The van der Waals surface area contributed by atoms with Gasteiger partial charge in [0.15, 0.2) is 0 Å². The van der Waals surface area contributed by atoms with Crippen LogP contribution in [0.5, 0.6) is 0 Å². The van der Waals surface area contributed by atoms with E-state index in [-0.39, 0.29) is 5.91 Å². The summed E-state index contributed by atoms with van der Waals surface area (Å²) < 4.78 is 5.41. The zero-order valence-corrected chi connectivity index (χ0v) is 12.5. The number of rotatable bonds is 5. The maximum atomic E-state index is 11.2. The summed E-state index contributed by atoms with van der Waals surface area (Å²) in [5, 5.41) is 0. The summed E-state index contributed by atoms with van der Waals surface area (Å²) >= 11 is 0. The molecular weight excluding hydrogens is 264 g/mol. The lowest BCUT2D eigenvalue weighted by molar-refractivity contribution is 0.0311. The molecule has 0 radical (unpaired) electrons. The second-order valence-corrected chi connectivity index (χ2v) is 6.28. The third-order valence-electron chi connectivity index (χ3n) is 5.10. The number of nitrogens with zero attached hydrogens (tertiary/aromatic N) is 1. The zero-order chi connectivity index (χ0) is 14.7. The number of carbonyl (C=O) groups excluding carboxylic acids is 1. The van der Waals surface area contributed by atoms with E-state index < -0.39 is 0 Å². The van der Waals surface area contributed by atoms with Crippen LogP contribution in [0.25, 0.3) is 0 Å². The molecule has 0 bridgehead atoms. The Balaban J connectivity index is 1.66. The number of nitrogens with two attached hydrogens (primary N) is 1. The van der Waals surface area contributed by atoms with Crippen LogP contribution in [0.2, 0.25) is 0 Å². The third-order valence-corrected chi connectivity index (χ3v) is 5.10. The molecule has 1 aromatic carbocycles. The summed E-state index contributed by atoms with van der Waals surface area (Å²) in [4.78, 5) is 13.7. The second-order valence-electron chi connectivity index (χ2n) is 6.28. The summed E-state index contributed by atoms with van der Waals surface area (Å²) in [7, 11) is 0. The van der Waals surface area contributed by atoms with E-state index in [1.165, 1.54) is 31.2 Å². The summed E-state index contributed by atoms with van der Waals surface area (Å²) in [6.45, 7) is 4.97. The van der Waals surface area contributed by atoms with Gasteiger partial charge in [0.2, 0.25) is 5.91 Å². The van der Waals surface area contributed by atoms with Crippen molar-refractivity contribution in [2.24, 2.45) is 5.73 Å². The maximum Gasteiger partial charge on any atom is 0.248 e. The first-order chi connectivity index (χ1) is 10.2. The minimum Gasteiger partial charge on any atom is -0.379 e. The second kappa shape index (κ2) is 6.16. The fourth-order valence-corrected chi connectivity index (χ4v) is 3.47. The number of primary amides is 1. The fraction of sp³-hybridized carbons (Fsp3) is 0.588. The lowest BCUT2D eigenvalue weighted by Crippen LogP contribution is -2.42. The van der Waals surface area contributed by atoms with Crippen molar-refractivity contribution in [3.8, 4) is 0 Å². The summed E-state index contributed by atoms with van der Waals surface area (Å²) in [6, 6.07) is 7.93. The molecule has 21 heavy (non-hydrogen) atoms. The highest BCUT2D eigenvalue weighted by Crippen LogP contribution is 2.46. The number of morpholine rings is 1. The highest BCUT2D eigenvalue weighted by molar-refractivity contribution is 5.92. The molecule has 1 aliphatic heterocycles. The Morgan fingerprint density at radius 1 is 1.19 bits per heavy atom. The van der Waals surface area contributed by atoms with E-state index in [1.807, 2.05) is 12.1 Å². The average molecular weight is 288 g/mol. The summed E-state index contributed by atoms with van der Waals surface area (Å²) in [5.74, 6) is -0.350. The molecule has 1 aromatic rings. The van der Waals surface area contributed by atoms with Gasteiger partial charge in [-0.1, -0.05) is 18.6 Å². The van der Waals surface area contributed by atoms with E-state index in [4.69, 9.17) is 10.5 Å². The lowest BCUT2D eigenvalue weighted by atomic mass is 9.62. The van der Waals surface area contributed by atoms with Crippen LogP contribution in [0.1, 0.15) is 41.6 Å². The van der Waals surface area contributed by atoms with Crippen LogP contribution in [0.15, 0.2) is 24.3 Å². The number of hydrogen-bond donors (Lipinski definition) is 1. The average Bonchev–Trinajstić information content (AvgIpc) is 2.48. The Bertz CT molecular complexity index is 488. The molecule has 2 N–H and O–H groups in total. The molecule has 114 valence electrons. The molecule has 1 amide bonds. The first-order valence-electron chi connectivity index (χ1n) is 7.90. The molecule has 1 heterocycles. The van der Waals surface area contributed by atoms with Crippen LogP contribution in [0.4, 0.5) is 0 Å². The van der Waals surface area contributed by atoms with Gasteiger partial charge in [0.25, 0.3) is 0 Å². The van der Waals surface area contributed by atoms with Gasteiger partial charge in [0.1, 0.15) is 0 Å². The van der Waals surface area contributed by atoms with Crippen LogP contribution < -0.4 is 5.73 Å². The minimum absolute atomic E-state index is 0.314. The van der Waals surface area contributed by atoms with Crippen LogP contribution in [-0.2, 0) is 10.2 Å². The molecule has 2 fully saturated rings. The van der Waals surface area contributed by atoms with Crippen molar-refractivity contribution in [2.45, 2.75) is 31.1 Å². The molecule has 1 saturated carbocycles. The van der Waals surface area contributed by atoms with Crippen molar-refractivity contribution < 1.29 is 9.53 Å². The summed E-state index contributed by atoms with van der Waals surface area (Å²) in [5.41, 5.74) is 7.60. The number of hydrogen-bond acceptors (Lipinski definition) is 3. The minimum atomic E-state index is -0.350. The fourth-order valence-electron chi connectivity index (χ4n) is 3.47. The lowest BCUT2D eigenvalue weighted by Gasteiger charge is -2.44. The Morgan fingerprint density at radius 3 is 2.38 bits per heavy atom. The first kappa shape index (κ1) is 14.5. The van der Waals surface area contributed by atoms with E-state index in [1.54, 1.807) is 0 Å². The van der Waals surface area contributed by atoms with Gasteiger partial charge < -0.3 is 10.5 Å². The van der Waals surface area contributed by atoms with Crippen molar-refractivity contribution in [2.75, 3.05) is 32.8 Å². The van der Waals surface area contributed by atoms with Gasteiger partial charge >= 0.3 is 0 Å². The molecule has 4 heteroatoms. The number of ether oxygens (including phenoxy) is 1. The predicted octanol–water partition coefficient (Wildman–Crippen LogP) is 1.93. The molecule has 0 atom stereocenters. The van der Waals surface area contributed by atoms with Crippen molar-refractivity contribution in [3.63, 3.8) is 0 Å². The third kappa shape index (κ3) is 3.11. The maximum absolute atomic E-state index is 11.2. The van der Waals surface area contributed by atoms with Gasteiger partial charge in [-0.3, -0.25) is 9.69 Å². The van der Waals surface area contributed by atoms with E-state index in [9.17, 15) is 4.79 Å². The standard InChI is InChI=1S/C17H24N2O2/c18-16(20)14-2-4-15(5-3-14)17(6-1-7-17)8-9-19-10-12-21-13-11-19/h2-5H,1,6-13H2,(H2,18,20). The molecule has 0 spiro atoms. The molecule has 1 aliphatic carbocycles. The molecule has 0 aromatic heterocycles. The van der Waals surface area contributed by atoms with Gasteiger partial charge in [-0.15, -0.1) is 0 Å². The highest BCUT2D eigenvalue weighted by atomic mass is 16.5. The van der Waals surface area contributed by atoms with Crippen molar-refractivity contribution in [1.29, 1.82) is 0 Å². The van der Waals surface area contributed by atoms with Gasteiger partial charge in [-0.25, -0.2) is 0 Å². The Morgan fingerprint density at radius 2 is 1.86 bits per heavy atom. The van der Waals surface area contributed by atoms with E-state index in [2.05, 4.69) is 17.0 Å². The Labute approximate surface area is 126 Å². The largest absolute Gasteiger partial charge is 0.379 e. The van der Waals surface area contributed by atoms with Gasteiger partial charge in [0.05, 0.1) is 13.2 Å². The van der Waals surface area contributed by atoms with E-state index in [0.717, 1.165) is 32.8 Å². The van der Waals surface area contributed by atoms with Gasteiger partial charge in [-0.05, 0) is 48.9 Å². The zero-order valence-electron chi connectivity index (χ0n) is 12.5. The topological polar surface area (TPSA) is 55.6 Å². The van der Waals surface area contributed by atoms with Crippen LogP contribution in [0, 0.1) is 0 Å². The first-order valence-corrected chi connectivity index (χ1v) is 7.90. The molecule has 1 saturated heterocycles. The smallest absolute Gasteiger partial charge is 0.248 e.